The van der Waals surface area contributed by atoms with Gasteiger partial charge < -0.3 is 10.5 Å². The summed E-state index contributed by atoms with van der Waals surface area (Å²) in [5.74, 6) is -3.22. The molecule has 0 fully saturated rings. The standard InChI is InChI=1S/C14H11F3N2O/c15-9-4-2-6-11(12(9)14(18)19)20-7-8-3-1-5-10(16)13(8)17/h1-6H,7H2,(H3,18,19). The van der Waals surface area contributed by atoms with E-state index in [1.807, 2.05) is 0 Å². The fourth-order valence-corrected chi connectivity index (χ4v) is 1.70. The van der Waals surface area contributed by atoms with Gasteiger partial charge in [-0.05, 0) is 18.2 Å². The van der Waals surface area contributed by atoms with Crippen molar-refractivity contribution < 1.29 is 17.9 Å². The Morgan fingerprint density at radius 2 is 1.70 bits per heavy atom. The van der Waals surface area contributed by atoms with E-state index >= 15 is 0 Å². The van der Waals surface area contributed by atoms with Crippen LogP contribution in [0, 0.1) is 22.9 Å². The van der Waals surface area contributed by atoms with Crippen LogP contribution >= 0.6 is 0 Å². The van der Waals surface area contributed by atoms with E-state index in [-0.39, 0.29) is 23.5 Å². The Labute approximate surface area is 113 Å². The molecule has 0 atom stereocenters. The van der Waals surface area contributed by atoms with E-state index in [9.17, 15) is 13.2 Å². The van der Waals surface area contributed by atoms with E-state index < -0.39 is 23.3 Å². The predicted octanol–water partition coefficient (Wildman–Crippen LogP) is 2.97. The van der Waals surface area contributed by atoms with Gasteiger partial charge in [0, 0.05) is 5.56 Å². The lowest BCUT2D eigenvalue weighted by Crippen LogP contribution is -2.15. The number of hydrogen-bond donors (Lipinski definition) is 2. The number of amidine groups is 1. The van der Waals surface area contributed by atoms with Crippen molar-refractivity contribution in [2.24, 2.45) is 5.73 Å². The number of nitrogen functional groups attached to an aromatic ring is 1. The van der Waals surface area contributed by atoms with Crippen LogP contribution in [0.3, 0.4) is 0 Å². The summed E-state index contributed by atoms with van der Waals surface area (Å²) in [7, 11) is 0. The third-order valence-corrected chi connectivity index (χ3v) is 2.66. The van der Waals surface area contributed by atoms with E-state index in [4.69, 9.17) is 15.9 Å². The maximum absolute atomic E-state index is 13.5. The van der Waals surface area contributed by atoms with Gasteiger partial charge >= 0.3 is 0 Å². The minimum absolute atomic E-state index is 0.00108. The normalized spacial score (nSPS) is 10.3. The summed E-state index contributed by atoms with van der Waals surface area (Å²) in [5, 5.41) is 7.30. The van der Waals surface area contributed by atoms with Crippen molar-refractivity contribution in [2.75, 3.05) is 0 Å². The molecule has 3 N–H and O–H groups in total. The molecular formula is C14H11F3N2O. The number of hydrogen-bond acceptors (Lipinski definition) is 2. The van der Waals surface area contributed by atoms with Gasteiger partial charge in [0.2, 0.25) is 0 Å². The van der Waals surface area contributed by atoms with E-state index in [0.29, 0.717) is 0 Å². The van der Waals surface area contributed by atoms with Crippen molar-refractivity contribution in [1.29, 1.82) is 5.41 Å². The predicted molar refractivity (Wildman–Crippen MR) is 68.1 cm³/mol. The Morgan fingerprint density at radius 1 is 1.05 bits per heavy atom. The van der Waals surface area contributed by atoms with Crippen LogP contribution < -0.4 is 10.5 Å². The van der Waals surface area contributed by atoms with Crippen molar-refractivity contribution in [3.05, 3.63) is 65.0 Å². The molecule has 0 spiro atoms. The van der Waals surface area contributed by atoms with Gasteiger partial charge in [0.15, 0.2) is 11.6 Å². The zero-order valence-electron chi connectivity index (χ0n) is 10.3. The monoisotopic (exact) mass is 280 g/mol. The Kier molecular flexibility index (Phi) is 3.93. The van der Waals surface area contributed by atoms with Crippen LogP contribution in [0.4, 0.5) is 13.2 Å². The van der Waals surface area contributed by atoms with Gasteiger partial charge in [0.05, 0.1) is 5.56 Å². The Balaban J connectivity index is 2.26. The maximum atomic E-state index is 13.5. The number of benzene rings is 2. The highest BCUT2D eigenvalue weighted by Gasteiger charge is 2.14. The van der Waals surface area contributed by atoms with Crippen LogP contribution in [0.25, 0.3) is 0 Å². The van der Waals surface area contributed by atoms with Crippen LogP contribution in [0.5, 0.6) is 5.75 Å². The molecule has 2 rings (SSSR count). The number of nitrogens with one attached hydrogen (secondary N) is 1. The second-order valence-corrected chi connectivity index (χ2v) is 4.03. The molecule has 0 aliphatic carbocycles. The minimum atomic E-state index is -1.02. The van der Waals surface area contributed by atoms with Crippen molar-refractivity contribution in [1.82, 2.24) is 0 Å². The third kappa shape index (κ3) is 2.74. The van der Waals surface area contributed by atoms with Gasteiger partial charge in [0.25, 0.3) is 0 Å². The zero-order chi connectivity index (χ0) is 14.7. The van der Waals surface area contributed by atoms with Gasteiger partial charge in [-0.25, -0.2) is 13.2 Å². The molecule has 2 aromatic carbocycles. The van der Waals surface area contributed by atoms with Gasteiger partial charge in [-0.3, -0.25) is 5.41 Å². The molecule has 6 heteroatoms. The third-order valence-electron chi connectivity index (χ3n) is 2.66. The first-order valence-corrected chi connectivity index (χ1v) is 5.69. The van der Waals surface area contributed by atoms with Crippen molar-refractivity contribution >= 4 is 5.84 Å². The first-order valence-electron chi connectivity index (χ1n) is 5.69. The number of rotatable bonds is 4. The highest BCUT2D eigenvalue weighted by Crippen LogP contribution is 2.22. The van der Waals surface area contributed by atoms with Gasteiger partial charge in [0.1, 0.15) is 24.0 Å². The van der Waals surface area contributed by atoms with E-state index in [0.717, 1.165) is 12.1 Å². The molecule has 0 aliphatic rings. The molecule has 0 aromatic heterocycles. The molecule has 104 valence electrons. The lowest BCUT2D eigenvalue weighted by atomic mass is 10.1. The summed E-state index contributed by atoms with van der Waals surface area (Å²) in [6.07, 6.45) is 0. The van der Waals surface area contributed by atoms with Crippen molar-refractivity contribution in [2.45, 2.75) is 6.61 Å². The van der Waals surface area contributed by atoms with Crippen molar-refractivity contribution in [3.8, 4) is 5.75 Å². The van der Waals surface area contributed by atoms with Crippen LogP contribution in [-0.4, -0.2) is 5.84 Å². The van der Waals surface area contributed by atoms with Gasteiger partial charge in [-0.1, -0.05) is 18.2 Å². The lowest BCUT2D eigenvalue weighted by Gasteiger charge is -2.11. The molecule has 0 heterocycles. The second kappa shape index (κ2) is 5.64. The van der Waals surface area contributed by atoms with E-state index in [2.05, 4.69) is 0 Å². The van der Waals surface area contributed by atoms with Crippen LogP contribution in [0.1, 0.15) is 11.1 Å². The molecule has 2 aromatic rings. The Bertz CT molecular complexity index is 659. The second-order valence-electron chi connectivity index (χ2n) is 4.03. The summed E-state index contributed by atoms with van der Waals surface area (Å²) in [5.41, 5.74) is 5.05. The molecule has 0 bridgehead atoms. The number of nitrogens with two attached hydrogens (primary N) is 1. The summed E-state index contributed by atoms with van der Waals surface area (Å²) >= 11 is 0. The number of halogens is 3. The molecule has 0 amide bonds. The summed E-state index contributed by atoms with van der Waals surface area (Å²) in [6.45, 7) is -0.298. The molecule has 0 unspecified atom stereocenters. The van der Waals surface area contributed by atoms with E-state index in [1.165, 1.54) is 24.3 Å². The summed E-state index contributed by atoms with van der Waals surface area (Å²) < 4.78 is 45.2. The topological polar surface area (TPSA) is 59.1 Å². The van der Waals surface area contributed by atoms with Gasteiger partial charge in [-0.15, -0.1) is 0 Å². The highest BCUT2D eigenvalue weighted by atomic mass is 19.2. The summed E-state index contributed by atoms with van der Waals surface area (Å²) in [4.78, 5) is 0. The van der Waals surface area contributed by atoms with E-state index in [1.54, 1.807) is 0 Å². The van der Waals surface area contributed by atoms with Crippen molar-refractivity contribution in [3.63, 3.8) is 0 Å². The molecule has 0 saturated heterocycles. The average molecular weight is 280 g/mol. The average Bonchev–Trinajstić information content (AvgIpc) is 2.40. The minimum Gasteiger partial charge on any atom is -0.488 e. The van der Waals surface area contributed by atoms with Crippen LogP contribution in [0.15, 0.2) is 36.4 Å². The van der Waals surface area contributed by atoms with Crippen LogP contribution in [0.2, 0.25) is 0 Å². The SMILES string of the molecule is N=C(N)c1c(F)cccc1OCc1cccc(F)c1F. The highest BCUT2D eigenvalue weighted by molar-refractivity contribution is 5.97. The molecule has 0 aliphatic heterocycles. The maximum Gasteiger partial charge on any atom is 0.165 e. The Hall–Kier alpha value is -2.50. The summed E-state index contributed by atoms with van der Waals surface area (Å²) in [6, 6.07) is 7.59. The first-order chi connectivity index (χ1) is 9.50. The van der Waals surface area contributed by atoms with Gasteiger partial charge in [-0.2, -0.15) is 0 Å². The smallest absolute Gasteiger partial charge is 0.165 e. The first kappa shape index (κ1) is 13.9. The van der Waals surface area contributed by atoms with Crippen LogP contribution in [-0.2, 0) is 6.61 Å². The fourth-order valence-electron chi connectivity index (χ4n) is 1.70. The molecule has 3 nitrogen and oxygen atoms in total. The fraction of sp³-hybridized carbons (Fsp3) is 0.0714. The molecule has 0 saturated carbocycles. The molecule has 0 radical (unpaired) electrons. The number of ether oxygens (including phenoxy) is 1. The molecule has 20 heavy (non-hydrogen) atoms. The molecular weight excluding hydrogens is 269 g/mol. The Morgan fingerprint density at radius 3 is 2.40 bits per heavy atom. The largest absolute Gasteiger partial charge is 0.488 e. The zero-order valence-corrected chi connectivity index (χ0v) is 10.3. The quantitative estimate of drug-likeness (QED) is 0.668. The lowest BCUT2D eigenvalue weighted by molar-refractivity contribution is 0.295.